The van der Waals surface area contributed by atoms with Gasteiger partial charge in [-0.1, -0.05) is 25.0 Å². The molecule has 0 spiro atoms. The lowest BCUT2D eigenvalue weighted by atomic mass is 10.1. The van der Waals surface area contributed by atoms with E-state index < -0.39 is 6.10 Å². The first-order valence-electron chi connectivity index (χ1n) is 5.18. The number of hydrogen-bond donors (Lipinski definition) is 1. The summed E-state index contributed by atoms with van der Waals surface area (Å²) in [4.78, 5) is 4.51. The Morgan fingerprint density at radius 3 is 2.81 bits per heavy atom. The van der Waals surface area contributed by atoms with Crippen LogP contribution < -0.4 is 0 Å². The molecule has 1 heterocycles. The van der Waals surface area contributed by atoms with Crippen LogP contribution in [-0.4, -0.2) is 16.2 Å². The van der Waals surface area contributed by atoms with Gasteiger partial charge in [0.25, 0.3) is 0 Å². The minimum Gasteiger partial charge on any atom is -0.380 e. The highest BCUT2D eigenvalue weighted by Gasteiger charge is 2.17. The van der Waals surface area contributed by atoms with E-state index in [9.17, 15) is 5.11 Å². The molecule has 3 heteroatoms. The third-order valence-corrected chi connectivity index (χ3v) is 3.70. The molecule has 0 aliphatic carbocycles. The fourth-order valence-corrected chi connectivity index (χ4v) is 2.54. The topological polar surface area (TPSA) is 33.1 Å². The lowest BCUT2D eigenvalue weighted by Gasteiger charge is -2.09. The van der Waals surface area contributed by atoms with E-state index in [0.717, 1.165) is 15.2 Å². The number of benzene rings is 1. The molecule has 0 radical (unpaired) electrons. The lowest BCUT2D eigenvalue weighted by Crippen LogP contribution is -2.12. The molecule has 2 rings (SSSR count). The Bertz CT molecular complexity index is 517. The maximum atomic E-state index is 9.79. The van der Waals surface area contributed by atoms with Crippen LogP contribution in [0.15, 0.2) is 24.3 Å². The van der Waals surface area contributed by atoms with Gasteiger partial charge in [-0.3, -0.25) is 0 Å². The molecule has 0 fully saturated rings. The van der Waals surface area contributed by atoms with Gasteiger partial charge in [-0.15, -0.1) is 17.3 Å². The van der Waals surface area contributed by atoms with Gasteiger partial charge in [0, 0.05) is 5.92 Å². The second-order valence-corrected chi connectivity index (χ2v) is 4.71. The number of nitrogens with zero attached hydrogens (tertiary/aromatic N) is 1. The summed E-state index contributed by atoms with van der Waals surface area (Å²) < 4.78 is 1.15. The zero-order chi connectivity index (χ0) is 11.5. The molecule has 0 unspecified atom stereocenters. The zero-order valence-corrected chi connectivity index (χ0v) is 10.1. The van der Waals surface area contributed by atoms with Gasteiger partial charge >= 0.3 is 0 Å². The van der Waals surface area contributed by atoms with Crippen molar-refractivity contribution >= 4 is 21.6 Å². The molecule has 2 aromatic rings. The van der Waals surface area contributed by atoms with E-state index in [0.29, 0.717) is 0 Å². The van der Waals surface area contributed by atoms with Crippen LogP contribution in [0.2, 0.25) is 0 Å². The molecular formula is C13H13NOS. The number of aliphatic hydroxyl groups excluding tert-OH is 1. The van der Waals surface area contributed by atoms with Gasteiger partial charge in [0.15, 0.2) is 0 Å². The van der Waals surface area contributed by atoms with Crippen LogP contribution in [0, 0.1) is 11.8 Å². The van der Waals surface area contributed by atoms with Gasteiger partial charge in [0.2, 0.25) is 0 Å². The normalized spacial score (nSPS) is 14.2. The van der Waals surface area contributed by atoms with E-state index >= 15 is 0 Å². The average molecular weight is 231 g/mol. The molecular weight excluding hydrogens is 218 g/mol. The maximum absolute atomic E-state index is 9.79. The SMILES string of the molecule is CC#C[C@H](O)[C@H](C)c1nc2ccccc2s1. The van der Waals surface area contributed by atoms with Gasteiger partial charge in [-0.05, 0) is 19.1 Å². The highest BCUT2D eigenvalue weighted by molar-refractivity contribution is 7.18. The van der Waals surface area contributed by atoms with Crippen molar-refractivity contribution in [1.29, 1.82) is 0 Å². The van der Waals surface area contributed by atoms with E-state index in [1.807, 2.05) is 31.2 Å². The van der Waals surface area contributed by atoms with Crippen molar-refractivity contribution in [1.82, 2.24) is 4.98 Å². The van der Waals surface area contributed by atoms with Crippen molar-refractivity contribution in [2.75, 3.05) is 0 Å². The van der Waals surface area contributed by atoms with Crippen LogP contribution in [-0.2, 0) is 0 Å². The largest absolute Gasteiger partial charge is 0.380 e. The smallest absolute Gasteiger partial charge is 0.123 e. The highest BCUT2D eigenvalue weighted by atomic mass is 32.1. The summed E-state index contributed by atoms with van der Waals surface area (Å²) in [5.74, 6) is 5.45. The van der Waals surface area contributed by atoms with Crippen LogP contribution in [0.25, 0.3) is 10.2 Å². The molecule has 0 aliphatic rings. The molecule has 16 heavy (non-hydrogen) atoms. The number of rotatable bonds is 2. The summed E-state index contributed by atoms with van der Waals surface area (Å²) in [5.41, 5.74) is 0.992. The van der Waals surface area contributed by atoms with Crippen LogP contribution in [0.1, 0.15) is 24.8 Å². The third-order valence-electron chi connectivity index (χ3n) is 2.47. The molecule has 0 saturated heterocycles. The van der Waals surface area contributed by atoms with E-state index in [-0.39, 0.29) is 5.92 Å². The van der Waals surface area contributed by atoms with Gasteiger partial charge in [-0.2, -0.15) is 0 Å². The van der Waals surface area contributed by atoms with Crippen molar-refractivity contribution in [2.24, 2.45) is 0 Å². The van der Waals surface area contributed by atoms with Crippen LogP contribution in [0.5, 0.6) is 0 Å². The second-order valence-electron chi connectivity index (χ2n) is 3.65. The first-order valence-corrected chi connectivity index (χ1v) is 6.00. The molecule has 1 aromatic carbocycles. The molecule has 0 aliphatic heterocycles. The summed E-state index contributed by atoms with van der Waals surface area (Å²) in [6.45, 7) is 3.68. The Morgan fingerprint density at radius 2 is 2.12 bits per heavy atom. The molecule has 82 valence electrons. The van der Waals surface area contributed by atoms with Gasteiger partial charge < -0.3 is 5.11 Å². The lowest BCUT2D eigenvalue weighted by molar-refractivity contribution is 0.206. The Labute approximate surface area is 99.0 Å². The zero-order valence-electron chi connectivity index (χ0n) is 9.27. The highest BCUT2D eigenvalue weighted by Crippen LogP contribution is 2.28. The molecule has 1 aromatic heterocycles. The molecule has 2 atom stereocenters. The predicted octanol–water partition coefficient (Wildman–Crippen LogP) is 2.78. The number of thiazole rings is 1. The quantitative estimate of drug-likeness (QED) is 0.806. The number of para-hydroxylation sites is 1. The summed E-state index contributed by atoms with van der Waals surface area (Å²) in [6.07, 6.45) is -0.634. The maximum Gasteiger partial charge on any atom is 0.123 e. The minimum absolute atomic E-state index is 0.0372. The monoisotopic (exact) mass is 231 g/mol. The molecule has 0 bridgehead atoms. The first kappa shape index (κ1) is 11.1. The van der Waals surface area contributed by atoms with Crippen LogP contribution in [0.4, 0.5) is 0 Å². The Morgan fingerprint density at radius 1 is 1.38 bits per heavy atom. The van der Waals surface area contributed by atoms with Crippen LogP contribution in [0.3, 0.4) is 0 Å². The predicted molar refractivity (Wildman–Crippen MR) is 67.5 cm³/mol. The van der Waals surface area contributed by atoms with Crippen molar-refractivity contribution in [2.45, 2.75) is 25.9 Å². The fourth-order valence-electron chi connectivity index (χ4n) is 1.49. The fraction of sp³-hybridized carbons (Fsp3) is 0.308. The van der Waals surface area contributed by atoms with E-state index in [4.69, 9.17) is 0 Å². The number of fused-ring (bicyclic) bond motifs is 1. The minimum atomic E-state index is -0.634. The molecule has 2 nitrogen and oxygen atoms in total. The van der Waals surface area contributed by atoms with Crippen molar-refractivity contribution in [3.05, 3.63) is 29.3 Å². The molecule has 0 saturated carbocycles. The second kappa shape index (κ2) is 4.65. The van der Waals surface area contributed by atoms with Gasteiger partial charge in [0.1, 0.15) is 11.1 Å². The van der Waals surface area contributed by atoms with Crippen molar-refractivity contribution in [3.63, 3.8) is 0 Å². The Balaban J connectivity index is 2.35. The number of hydrogen-bond acceptors (Lipinski definition) is 3. The number of aliphatic hydroxyl groups is 1. The summed E-state index contributed by atoms with van der Waals surface area (Å²) in [6, 6.07) is 8.00. The average Bonchev–Trinajstić information content (AvgIpc) is 2.71. The summed E-state index contributed by atoms with van der Waals surface area (Å²) in [5, 5.41) is 10.7. The van der Waals surface area contributed by atoms with E-state index in [1.165, 1.54) is 0 Å². The van der Waals surface area contributed by atoms with Crippen LogP contribution >= 0.6 is 11.3 Å². The van der Waals surface area contributed by atoms with E-state index in [1.54, 1.807) is 18.3 Å². The van der Waals surface area contributed by atoms with Gasteiger partial charge in [0.05, 0.1) is 10.2 Å². The summed E-state index contributed by atoms with van der Waals surface area (Å²) in [7, 11) is 0. The molecule has 1 N–H and O–H groups in total. The van der Waals surface area contributed by atoms with E-state index in [2.05, 4.69) is 16.8 Å². The van der Waals surface area contributed by atoms with Crippen molar-refractivity contribution in [3.8, 4) is 11.8 Å². The first-order chi connectivity index (χ1) is 7.72. The Hall–Kier alpha value is -1.37. The van der Waals surface area contributed by atoms with Crippen molar-refractivity contribution < 1.29 is 5.11 Å². The summed E-state index contributed by atoms with van der Waals surface area (Å²) >= 11 is 1.62. The molecule has 0 amide bonds. The number of aromatic nitrogens is 1. The Kier molecular flexibility index (Phi) is 3.23. The van der Waals surface area contributed by atoms with Gasteiger partial charge in [-0.25, -0.2) is 4.98 Å². The third kappa shape index (κ3) is 2.08. The standard InChI is InChI=1S/C13H13NOS/c1-3-6-11(15)9(2)13-14-10-7-4-5-8-12(10)16-13/h4-5,7-9,11,15H,1-2H3/t9-,11-/m0/s1.